The van der Waals surface area contributed by atoms with Gasteiger partial charge in [0.2, 0.25) is 10.0 Å². The minimum Gasteiger partial charge on any atom is -0.326 e. The van der Waals surface area contributed by atoms with E-state index < -0.39 is 10.0 Å². The number of hydrogen-bond acceptors (Lipinski definition) is 3. The van der Waals surface area contributed by atoms with Crippen molar-refractivity contribution in [3.8, 4) is 0 Å². The molecule has 0 unspecified atom stereocenters. The lowest BCUT2D eigenvalue weighted by atomic mass is 9.91. The zero-order chi connectivity index (χ0) is 15.6. The number of nitrogens with two attached hydrogens (primary N) is 1. The van der Waals surface area contributed by atoms with Crippen molar-refractivity contribution in [2.45, 2.75) is 44.1 Å². The molecule has 0 amide bonds. The fourth-order valence-corrected chi connectivity index (χ4v) is 5.76. The summed E-state index contributed by atoms with van der Waals surface area (Å²) in [6.07, 6.45) is 5.71. The van der Waals surface area contributed by atoms with Crippen LogP contribution in [0.5, 0.6) is 0 Å². The molecule has 2 fully saturated rings. The molecule has 0 spiro atoms. The Balaban J connectivity index is 0.00000192. The van der Waals surface area contributed by atoms with Gasteiger partial charge in [0.25, 0.3) is 0 Å². The summed E-state index contributed by atoms with van der Waals surface area (Å²) in [6, 6.07) is 9.93. The molecule has 1 saturated heterocycles. The molecule has 1 aliphatic carbocycles. The van der Waals surface area contributed by atoms with Crippen LogP contribution in [-0.2, 0) is 10.0 Å². The van der Waals surface area contributed by atoms with Gasteiger partial charge in [0.05, 0.1) is 5.75 Å². The predicted molar refractivity (Wildman–Crippen MR) is 96.3 cm³/mol. The quantitative estimate of drug-likeness (QED) is 0.900. The Morgan fingerprint density at radius 1 is 1.04 bits per heavy atom. The minimum absolute atomic E-state index is 0. The molecule has 1 aromatic rings. The highest BCUT2D eigenvalue weighted by Gasteiger charge is 2.38. The predicted octanol–water partition coefficient (Wildman–Crippen LogP) is 2.75. The molecule has 2 aliphatic rings. The molecule has 2 N–H and O–H groups in total. The van der Waals surface area contributed by atoms with Crippen LogP contribution in [0.3, 0.4) is 0 Å². The first-order valence-electron chi connectivity index (χ1n) is 8.34. The van der Waals surface area contributed by atoms with E-state index in [1.165, 1.54) is 19.3 Å². The summed E-state index contributed by atoms with van der Waals surface area (Å²) < 4.78 is 27.0. The third kappa shape index (κ3) is 4.47. The van der Waals surface area contributed by atoms with Crippen molar-refractivity contribution in [3.05, 3.63) is 35.9 Å². The highest BCUT2D eigenvalue weighted by Crippen LogP contribution is 2.31. The van der Waals surface area contributed by atoms with E-state index in [1.807, 2.05) is 30.3 Å². The Bertz CT molecular complexity index is 588. The van der Waals surface area contributed by atoms with Gasteiger partial charge in [-0.1, -0.05) is 49.6 Å². The van der Waals surface area contributed by atoms with E-state index in [2.05, 4.69) is 0 Å². The fraction of sp³-hybridized carbons (Fsp3) is 0.647. The maximum atomic E-state index is 12.7. The van der Waals surface area contributed by atoms with Crippen LogP contribution in [0, 0.1) is 5.92 Å². The molecule has 3 rings (SSSR count). The number of hydrogen-bond donors (Lipinski definition) is 1. The molecule has 1 aliphatic heterocycles. The lowest BCUT2D eigenvalue weighted by Crippen LogP contribution is -2.36. The lowest BCUT2D eigenvalue weighted by molar-refractivity contribution is 0.375. The van der Waals surface area contributed by atoms with E-state index in [1.54, 1.807) is 4.31 Å². The van der Waals surface area contributed by atoms with Crippen LogP contribution in [0.2, 0.25) is 0 Å². The maximum absolute atomic E-state index is 12.7. The second kappa shape index (κ2) is 7.97. The van der Waals surface area contributed by atoms with Crippen molar-refractivity contribution in [1.82, 2.24) is 4.31 Å². The second-order valence-corrected chi connectivity index (χ2v) is 8.79. The number of halogens is 1. The highest BCUT2D eigenvalue weighted by atomic mass is 35.5. The van der Waals surface area contributed by atoms with E-state index in [9.17, 15) is 8.42 Å². The van der Waals surface area contributed by atoms with Gasteiger partial charge >= 0.3 is 0 Å². The Kier molecular flexibility index (Phi) is 6.48. The Morgan fingerprint density at radius 3 is 2.35 bits per heavy atom. The van der Waals surface area contributed by atoms with Gasteiger partial charge in [0.1, 0.15) is 0 Å². The van der Waals surface area contributed by atoms with Crippen molar-refractivity contribution < 1.29 is 8.42 Å². The van der Waals surface area contributed by atoms with E-state index in [-0.39, 0.29) is 24.4 Å². The van der Waals surface area contributed by atoms with Crippen LogP contribution >= 0.6 is 12.4 Å². The molecular formula is C17H27ClN2O2S. The zero-order valence-corrected chi connectivity index (χ0v) is 15.1. The maximum Gasteiger partial charge on any atom is 0.214 e. The van der Waals surface area contributed by atoms with Crippen LogP contribution in [0.15, 0.2) is 30.3 Å². The molecule has 0 bridgehead atoms. The van der Waals surface area contributed by atoms with Gasteiger partial charge in [-0.05, 0) is 24.3 Å². The van der Waals surface area contributed by atoms with Crippen molar-refractivity contribution in [2.24, 2.45) is 11.7 Å². The molecule has 1 heterocycles. The molecule has 6 heteroatoms. The van der Waals surface area contributed by atoms with Crippen LogP contribution in [0.25, 0.3) is 0 Å². The first-order valence-corrected chi connectivity index (χ1v) is 9.95. The van der Waals surface area contributed by atoms with Crippen molar-refractivity contribution >= 4 is 22.4 Å². The largest absolute Gasteiger partial charge is 0.326 e. The standard InChI is InChI=1S/C17H26N2O2S.ClH/c18-17-12-19(11-16(17)15-9-5-2-6-10-15)22(20,21)13-14-7-3-1-4-8-14;/h2,5-6,9-10,14,16-17H,1,3-4,7-8,11-13,18H2;1H/t16-,17+;/m0./s1. The first-order chi connectivity index (χ1) is 10.6. The monoisotopic (exact) mass is 358 g/mol. The smallest absolute Gasteiger partial charge is 0.214 e. The molecule has 23 heavy (non-hydrogen) atoms. The minimum atomic E-state index is -3.18. The van der Waals surface area contributed by atoms with Gasteiger partial charge in [-0.15, -0.1) is 12.4 Å². The van der Waals surface area contributed by atoms with Gasteiger partial charge in [-0.3, -0.25) is 0 Å². The zero-order valence-electron chi connectivity index (χ0n) is 13.4. The van der Waals surface area contributed by atoms with Crippen molar-refractivity contribution in [3.63, 3.8) is 0 Å². The normalized spacial score (nSPS) is 26.8. The number of sulfonamides is 1. The number of nitrogens with zero attached hydrogens (tertiary/aromatic N) is 1. The average molecular weight is 359 g/mol. The van der Waals surface area contributed by atoms with E-state index in [0.29, 0.717) is 24.8 Å². The van der Waals surface area contributed by atoms with Crippen LogP contribution < -0.4 is 5.73 Å². The summed E-state index contributed by atoms with van der Waals surface area (Å²) >= 11 is 0. The van der Waals surface area contributed by atoms with Crippen molar-refractivity contribution in [1.29, 1.82) is 0 Å². The van der Waals surface area contributed by atoms with Gasteiger partial charge < -0.3 is 5.73 Å². The topological polar surface area (TPSA) is 63.4 Å². The van der Waals surface area contributed by atoms with Gasteiger partial charge in [0, 0.05) is 25.0 Å². The van der Waals surface area contributed by atoms with Gasteiger partial charge in [-0.2, -0.15) is 4.31 Å². The molecule has 1 saturated carbocycles. The van der Waals surface area contributed by atoms with Crippen LogP contribution in [-0.4, -0.2) is 37.6 Å². The van der Waals surface area contributed by atoms with Crippen LogP contribution in [0.1, 0.15) is 43.6 Å². The molecule has 0 radical (unpaired) electrons. The molecule has 0 aromatic heterocycles. The number of benzene rings is 1. The molecule has 1 aromatic carbocycles. The summed E-state index contributed by atoms with van der Waals surface area (Å²) in [4.78, 5) is 0. The molecule has 130 valence electrons. The van der Waals surface area contributed by atoms with E-state index in [4.69, 9.17) is 5.73 Å². The van der Waals surface area contributed by atoms with E-state index >= 15 is 0 Å². The van der Waals surface area contributed by atoms with Gasteiger partial charge in [0.15, 0.2) is 0 Å². The summed E-state index contributed by atoms with van der Waals surface area (Å²) in [5.74, 6) is 0.759. The Morgan fingerprint density at radius 2 is 1.70 bits per heavy atom. The Hall–Kier alpha value is -0.620. The lowest BCUT2D eigenvalue weighted by Gasteiger charge is -2.24. The number of rotatable bonds is 4. The van der Waals surface area contributed by atoms with Crippen molar-refractivity contribution in [2.75, 3.05) is 18.8 Å². The second-order valence-electron chi connectivity index (χ2n) is 6.78. The summed E-state index contributed by atoms with van der Waals surface area (Å²) in [5.41, 5.74) is 7.37. The third-order valence-corrected chi connectivity index (χ3v) is 7.10. The molecule has 2 atom stereocenters. The summed E-state index contributed by atoms with van der Waals surface area (Å²) in [6.45, 7) is 0.981. The highest BCUT2D eigenvalue weighted by molar-refractivity contribution is 7.89. The molecular weight excluding hydrogens is 332 g/mol. The summed E-state index contributed by atoms with van der Waals surface area (Å²) in [5, 5.41) is 0. The first kappa shape index (κ1) is 18.7. The summed E-state index contributed by atoms with van der Waals surface area (Å²) in [7, 11) is -3.18. The third-order valence-electron chi connectivity index (χ3n) is 5.12. The van der Waals surface area contributed by atoms with Gasteiger partial charge in [-0.25, -0.2) is 8.42 Å². The Labute approximate surface area is 145 Å². The molecule has 4 nitrogen and oxygen atoms in total. The fourth-order valence-electron chi connectivity index (χ4n) is 3.83. The van der Waals surface area contributed by atoms with E-state index in [0.717, 1.165) is 18.4 Å². The average Bonchev–Trinajstić information content (AvgIpc) is 2.92. The SMILES string of the molecule is Cl.N[C@@H]1CN(S(=O)(=O)CC2CCCCC2)C[C@H]1c1ccccc1. The van der Waals surface area contributed by atoms with Crippen LogP contribution in [0.4, 0.5) is 0 Å².